The van der Waals surface area contributed by atoms with Crippen LogP contribution in [0.15, 0.2) is 24.3 Å². The van der Waals surface area contributed by atoms with Gasteiger partial charge in [-0.05, 0) is 36.0 Å². The van der Waals surface area contributed by atoms with Crippen molar-refractivity contribution >= 4 is 5.91 Å². The lowest BCUT2D eigenvalue weighted by Gasteiger charge is -2.24. The smallest absolute Gasteiger partial charge is 0.237 e. The maximum Gasteiger partial charge on any atom is 0.237 e. The normalized spacial score (nSPS) is 13.1. The fraction of sp³-hybridized carbons (Fsp3) is 0.533. The number of nitrogens with one attached hydrogen (secondary N) is 1. The first kappa shape index (κ1) is 15.5. The summed E-state index contributed by atoms with van der Waals surface area (Å²) in [7, 11) is 0. The number of rotatable bonds is 6. The second-order valence-corrected chi connectivity index (χ2v) is 5.71. The Hall–Kier alpha value is -1.55. The van der Waals surface area contributed by atoms with Gasteiger partial charge in [-0.3, -0.25) is 4.79 Å². The number of phenols is 1. The molecular weight excluding hydrogens is 240 g/mol. The molecule has 0 bridgehead atoms. The maximum absolute atomic E-state index is 11.9. The molecule has 0 aromatic heterocycles. The summed E-state index contributed by atoms with van der Waals surface area (Å²) in [4.78, 5) is 11.9. The van der Waals surface area contributed by atoms with Gasteiger partial charge < -0.3 is 16.2 Å². The van der Waals surface area contributed by atoms with Crippen LogP contribution < -0.4 is 11.1 Å². The Morgan fingerprint density at radius 1 is 1.37 bits per heavy atom. The fourth-order valence-corrected chi connectivity index (χ4v) is 1.56. The van der Waals surface area contributed by atoms with Gasteiger partial charge in [0, 0.05) is 6.54 Å². The van der Waals surface area contributed by atoms with E-state index in [9.17, 15) is 9.90 Å². The molecule has 0 aliphatic rings. The molecular formula is C15H24N2O2. The van der Waals surface area contributed by atoms with Gasteiger partial charge in [0.15, 0.2) is 0 Å². The molecule has 4 nitrogen and oxygen atoms in total. The van der Waals surface area contributed by atoms with Crippen molar-refractivity contribution in [2.45, 2.75) is 39.7 Å². The lowest BCUT2D eigenvalue weighted by atomic mass is 9.90. The molecule has 0 radical (unpaired) electrons. The Bertz CT molecular complexity index is 413. The SMILES string of the molecule is CCC(C)(C)CNC(=O)[C@@H](N)Cc1ccc(O)cc1. The monoisotopic (exact) mass is 264 g/mol. The zero-order valence-electron chi connectivity index (χ0n) is 11.9. The van der Waals surface area contributed by atoms with Gasteiger partial charge in [0.1, 0.15) is 5.75 Å². The van der Waals surface area contributed by atoms with Gasteiger partial charge in [0.2, 0.25) is 5.91 Å². The van der Waals surface area contributed by atoms with Crippen LogP contribution >= 0.6 is 0 Å². The molecule has 0 heterocycles. The van der Waals surface area contributed by atoms with E-state index in [1.807, 2.05) is 0 Å². The standard InChI is InChI=1S/C15H24N2O2/c1-4-15(2,3)10-17-14(19)13(16)9-11-5-7-12(18)8-6-11/h5-8,13,18H,4,9-10,16H2,1-3H3,(H,17,19)/t13-/m0/s1. The third kappa shape index (κ3) is 5.30. The minimum Gasteiger partial charge on any atom is -0.508 e. The summed E-state index contributed by atoms with van der Waals surface area (Å²) in [5.41, 5.74) is 6.91. The molecule has 0 unspecified atom stereocenters. The number of hydrogen-bond acceptors (Lipinski definition) is 3. The second-order valence-electron chi connectivity index (χ2n) is 5.71. The lowest BCUT2D eigenvalue weighted by molar-refractivity contribution is -0.122. The van der Waals surface area contributed by atoms with Crippen LogP contribution in [0.1, 0.15) is 32.8 Å². The van der Waals surface area contributed by atoms with Crippen LogP contribution in [-0.4, -0.2) is 23.6 Å². The number of amides is 1. The highest BCUT2D eigenvalue weighted by molar-refractivity contribution is 5.81. The van der Waals surface area contributed by atoms with Crippen molar-refractivity contribution in [3.8, 4) is 5.75 Å². The molecule has 1 aromatic carbocycles. The molecule has 1 aromatic rings. The van der Waals surface area contributed by atoms with Crippen molar-refractivity contribution in [2.75, 3.05) is 6.54 Å². The van der Waals surface area contributed by atoms with Gasteiger partial charge in [-0.15, -0.1) is 0 Å². The summed E-state index contributed by atoms with van der Waals surface area (Å²) in [6.07, 6.45) is 1.47. The number of carbonyl (C=O) groups is 1. The zero-order chi connectivity index (χ0) is 14.5. The van der Waals surface area contributed by atoms with Crippen molar-refractivity contribution in [3.63, 3.8) is 0 Å². The van der Waals surface area contributed by atoms with E-state index in [2.05, 4.69) is 26.1 Å². The van der Waals surface area contributed by atoms with E-state index in [-0.39, 0.29) is 17.1 Å². The van der Waals surface area contributed by atoms with Crippen LogP contribution in [0, 0.1) is 5.41 Å². The first-order chi connectivity index (χ1) is 8.84. The molecule has 0 spiro atoms. The predicted octanol–water partition coefficient (Wildman–Crippen LogP) is 1.81. The van der Waals surface area contributed by atoms with E-state index in [0.717, 1.165) is 12.0 Å². The lowest BCUT2D eigenvalue weighted by Crippen LogP contribution is -2.45. The highest BCUT2D eigenvalue weighted by Gasteiger charge is 2.19. The van der Waals surface area contributed by atoms with Gasteiger partial charge in [0.25, 0.3) is 0 Å². The average Bonchev–Trinajstić information content (AvgIpc) is 2.38. The number of aromatic hydroxyl groups is 1. The van der Waals surface area contributed by atoms with E-state index in [4.69, 9.17) is 5.73 Å². The summed E-state index contributed by atoms with van der Waals surface area (Å²) >= 11 is 0. The number of carbonyl (C=O) groups excluding carboxylic acids is 1. The molecule has 1 atom stereocenters. The van der Waals surface area contributed by atoms with Crippen molar-refractivity contribution < 1.29 is 9.90 Å². The summed E-state index contributed by atoms with van der Waals surface area (Å²) in [5.74, 6) is 0.0843. The molecule has 106 valence electrons. The largest absolute Gasteiger partial charge is 0.508 e. The highest BCUT2D eigenvalue weighted by atomic mass is 16.3. The van der Waals surface area contributed by atoms with E-state index in [1.165, 1.54) is 0 Å². The molecule has 0 aliphatic carbocycles. The highest BCUT2D eigenvalue weighted by Crippen LogP contribution is 2.17. The number of phenolic OH excluding ortho intramolecular Hbond substituents is 1. The van der Waals surface area contributed by atoms with Crippen LogP contribution in [-0.2, 0) is 11.2 Å². The second kappa shape index (κ2) is 6.57. The topological polar surface area (TPSA) is 75.4 Å². The Morgan fingerprint density at radius 3 is 2.47 bits per heavy atom. The third-order valence-electron chi connectivity index (χ3n) is 3.43. The molecule has 1 amide bonds. The molecule has 4 N–H and O–H groups in total. The number of hydrogen-bond donors (Lipinski definition) is 3. The van der Waals surface area contributed by atoms with E-state index < -0.39 is 6.04 Å². The maximum atomic E-state index is 11.9. The Balaban J connectivity index is 2.47. The number of nitrogens with two attached hydrogens (primary N) is 1. The first-order valence-corrected chi connectivity index (χ1v) is 6.65. The van der Waals surface area contributed by atoms with Crippen LogP contribution in [0.4, 0.5) is 0 Å². The van der Waals surface area contributed by atoms with Crippen LogP contribution in [0.2, 0.25) is 0 Å². The van der Waals surface area contributed by atoms with Gasteiger partial charge in [-0.2, -0.15) is 0 Å². The van der Waals surface area contributed by atoms with Crippen LogP contribution in [0.3, 0.4) is 0 Å². The molecule has 0 saturated heterocycles. The van der Waals surface area contributed by atoms with Gasteiger partial charge in [-0.25, -0.2) is 0 Å². The van der Waals surface area contributed by atoms with Gasteiger partial charge >= 0.3 is 0 Å². The summed E-state index contributed by atoms with van der Waals surface area (Å²) in [6, 6.07) is 6.19. The zero-order valence-corrected chi connectivity index (χ0v) is 11.9. The van der Waals surface area contributed by atoms with Crippen LogP contribution in [0.25, 0.3) is 0 Å². The summed E-state index contributed by atoms with van der Waals surface area (Å²) in [6.45, 7) is 6.95. The number of benzene rings is 1. The van der Waals surface area contributed by atoms with Gasteiger partial charge in [0.05, 0.1) is 6.04 Å². The molecule has 1 rings (SSSR count). The van der Waals surface area contributed by atoms with E-state index in [0.29, 0.717) is 13.0 Å². The van der Waals surface area contributed by atoms with E-state index >= 15 is 0 Å². The molecule has 4 heteroatoms. The van der Waals surface area contributed by atoms with Gasteiger partial charge in [-0.1, -0.05) is 32.9 Å². The van der Waals surface area contributed by atoms with E-state index in [1.54, 1.807) is 24.3 Å². The molecule has 19 heavy (non-hydrogen) atoms. The van der Waals surface area contributed by atoms with Crippen LogP contribution in [0.5, 0.6) is 5.75 Å². The average molecular weight is 264 g/mol. The third-order valence-corrected chi connectivity index (χ3v) is 3.43. The summed E-state index contributed by atoms with van der Waals surface area (Å²) < 4.78 is 0. The van der Waals surface area contributed by atoms with Crippen molar-refractivity contribution in [1.82, 2.24) is 5.32 Å². The fourth-order valence-electron chi connectivity index (χ4n) is 1.56. The predicted molar refractivity (Wildman–Crippen MR) is 76.9 cm³/mol. The minimum absolute atomic E-state index is 0.0912. The quantitative estimate of drug-likeness (QED) is 0.733. The first-order valence-electron chi connectivity index (χ1n) is 6.65. The van der Waals surface area contributed by atoms with Crippen molar-refractivity contribution in [2.24, 2.45) is 11.1 Å². The van der Waals surface area contributed by atoms with Crippen molar-refractivity contribution in [3.05, 3.63) is 29.8 Å². The molecule has 0 saturated carbocycles. The molecule has 0 fully saturated rings. The van der Waals surface area contributed by atoms with Crippen molar-refractivity contribution in [1.29, 1.82) is 0 Å². The Labute approximate surface area is 115 Å². The summed E-state index contributed by atoms with van der Waals surface area (Å²) in [5, 5.41) is 12.1. The molecule has 0 aliphatic heterocycles. The minimum atomic E-state index is -0.558. The Kier molecular flexibility index (Phi) is 5.36. The Morgan fingerprint density at radius 2 is 1.95 bits per heavy atom.